The molecule has 1 rings (SSSR count). The van der Waals surface area contributed by atoms with Gasteiger partial charge in [-0.15, -0.1) is 0 Å². The molecule has 0 aliphatic rings. The molecule has 0 atom stereocenters. The van der Waals surface area contributed by atoms with Crippen LogP contribution in [0.2, 0.25) is 5.02 Å². The Balaban J connectivity index is 3.48. The van der Waals surface area contributed by atoms with Crippen molar-refractivity contribution in [3.8, 4) is 0 Å². The van der Waals surface area contributed by atoms with E-state index < -0.39 is 26.2 Å². The second-order valence-corrected chi connectivity index (χ2v) is 6.37. The molecule has 0 amide bonds. The van der Waals surface area contributed by atoms with Crippen molar-refractivity contribution in [1.29, 1.82) is 0 Å². The Kier molecular flexibility index (Phi) is 4.13. The standard InChI is InChI=1S/C6H2Cl2F2INO2S/c7-3-4(11)2(15(8,13)14)1-12-5(3)6(9)10/h1,6H. The molecule has 0 aliphatic heterocycles. The summed E-state index contributed by atoms with van der Waals surface area (Å²) in [6.07, 6.45) is -2.10. The van der Waals surface area contributed by atoms with Gasteiger partial charge in [-0.25, -0.2) is 17.2 Å². The Morgan fingerprint density at radius 3 is 2.40 bits per heavy atom. The van der Waals surface area contributed by atoms with E-state index in [-0.39, 0.29) is 8.47 Å². The monoisotopic (exact) mass is 387 g/mol. The van der Waals surface area contributed by atoms with Crippen molar-refractivity contribution in [3.05, 3.63) is 20.5 Å². The molecule has 3 nitrogen and oxygen atoms in total. The van der Waals surface area contributed by atoms with Gasteiger partial charge in [0.15, 0.2) is 0 Å². The number of aromatic nitrogens is 1. The minimum absolute atomic E-state index is 0.0606. The predicted octanol–water partition coefficient (Wildman–Crippen LogP) is 3.20. The molecule has 1 aromatic rings. The lowest BCUT2D eigenvalue weighted by Gasteiger charge is -2.06. The van der Waals surface area contributed by atoms with Crippen LogP contribution in [0.3, 0.4) is 0 Å². The normalized spacial score (nSPS) is 12.1. The lowest BCUT2D eigenvalue weighted by molar-refractivity contribution is 0.146. The van der Waals surface area contributed by atoms with Gasteiger partial charge in [-0.3, -0.25) is 4.98 Å². The van der Waals surface area contributed by atoms with Crippen LogP contribution in [0, 0.1) is 3.57 Å². The summed E-state index contributed by atoms with van der Waals surface area (Å²) in [5.74, 6) is 0. The van der Waals surface area contributed by atoms with Gasteiger partial charge in [-0.2, -0.15) is 0 Å². The third-order valence-corrected chi connectivity index (χ3v) is 4.95. The molecular weight excluding hydrogens is 386 g/mol. The van der Waals surface area contributed by atoms with Crippen LogP contribution in [-0.4, -0.2) is 13.4 Å². The quantitative estimate of drug-likeness (QED) is 0.578. The lowest BCUT2D eigenvalue weighted by atomic mass is 10.3. The first-order chi connectivity index (χ1) is 6.75. The van der Waals surface area contributed by atoms with Gasteiger partial charge in [0.2, 0.25) is 0 Å². The van der Waals surface area contributed by atoms with Crippen molar-refractivity contribution in [1.82, 2.24) is 4.98 Å². The van der Waals surface area contributed by atoms with E-state index in [2.05, 4.69) is 4.98 Å². The molecule has 0 bridgehead atoms. The molecule has 15 heavy (non-hydrogen) atoms. The summed E-state index contributed by atoms with van der Waals surface area (Å²) < 4.78 is 46.5. The summed E-state index contributed by atoms with van der Waals surface area (Å²) in [6, 6.07) is 0. The molecule has 1 aromatic heterocycles. The molecule has 0 aliphatic carbocycles. The van der Waals surface area contributed by atoms with E-state index in [1.54, 1.807) is 0 Å². The molecule has 84 valence electrons. The summed E-state index contributed by atoms with van der Waals surface area (Å²) >= 11 is 7.05. The average Bonchev–Trinajstić information content (AvgIpc) is 2.06. The SMILES string of the molecule is O=S(=O)(Cl)c1cnc(C(F)F)c(Cl)c1I. The fraction of sp³-hybridized carbons (Fsp3) is 0.167. The Bertz CT molecular complexity index is 494. The highest BCUT2D eigenvalue weighted by Crippen LogP contribution is 2.33. The van der Waals surface area contributed by atoms with Gasteiger partial charge in [0.05, 0.1) is 8.59 Å². The number of hydrogen-bond acceptors (Lipinski definition) is 3. The van der Waals surface area contributed by atoms with E-state index >= 15 is 0 Å². The van der Waals surface area contributed by atoms with E-state index in [0.717, 1.165) is 6.20 Å². The maximum Gasteiger partial charge on any atom is 0.281 e. The van der Waals surface area contributed by atoms with Crippen LogP contribution in [0.25, 0.3) is 0 Å². The fourth-order valence-electron chi connectivity index (χ4n) is 0.784. The smallest absolute Gasteiger partial charge is 0.252 e. The van der Waals surface area contributed by atoms with Gasteiger partial charge in [-0.05, 0) is 22.6 Å². The minimum Gasteiger partial charge on any atom is -0.252 e. The molecule has 0 spiro atoms. The first-order valence-electron chi connectivity index (χ1n) is 3.32. The van der Waals surface area contributed by atoms with Gasteiger partial charge >= 0.3 is 0 Å². The van der Waals surface area contributed by atoms with Crippen LogP contribution >= 0.6 is 44.9 Å². The van der Waals surface area contributed by atoms with E-state index in [1.165, 1.54) is 22.6 Å². The number of hydrogen-bond donors (Lipinski definition) is 0. The molecule has 1 heterocycles. The highest BCUT2D eigenvalue weighted by molar-refractivity contribution is 14.1. The van der Waals surface area contributed by atoms with Crippen LogP contribution in [0.15, 0.2) is 11.1 Å². The van der Waals surface area contributed by atoms with E-state index in [9.17, 15) is 17.2 Å². The Morgan fingerprint density at radius 2 is 2.00 bits per heavy atom. The zero-order chi connectivity index (χ0) is 11.8. The van der Waals surface area contributed by atoms with Crippen LogP contribution in [-0.2, 0) is 9.05 Å². The molecule has 0 radical (unpaired) electrons. The van der Waals surface area contributed by atoms with Gasteiger partial charge in [-0.1, -0.05) is 11.6 Å². The van der Waals surface area contributed by atoms with Crippen LogP contribution < -0.4 is 0 Å². The van der Waals surface area contributed by atoms with Crippen LogP contribution in [0.4, 0.5) is 8.78 Å². The number of halogens is 5. The summed E-state index contributed by atoms with van der Waals surface area (Å²) in [5.41, 5.74) is -0.662. The largest absolute Gasteiger partial charge is 0.281 e. The van der Waals surface area contributed by atoms with Crippen molar-refractivity contribution >= 4 is 53.9 Å². The Labute approximate surface area is 107 Å². The summed E-state index contributed by atoms with van der Waals surface area (Å²) in [7, 11) is 1.02. The molecule has 0 unspecified atom stereocenters. The van der Waals surface area contributed by atoms with Crippen molar-refractivity contribution in [2.75, 3.05) is 0 Å². The summed E-state index contributed by atoms with van der Waals surface area (Å²) in [6.45, 7) is 0. The van der Waals surface area contributed by atoms with Gasteiger partial charge in [0.1, 0.15) is 10.6 Å². The zero-order valence-electron chi connectivity index (χ0n) is 6.72. The van der Waals surface area contributed by atoms with Gasteiger partial charge in [0, 0.05) is 16.9 Å². The zero-order valence-corrected chi connectivity index (χ0v) is 11.2. The Morgan fingerprint density at radius 1 is 1.47 bits per heavy atom. The molecule has 0 N–H and O–H groups in total. The van der Waals surface area contributed by atoms with E-state index in [1.807, 2.05) is 0 Å². The van der Waals surface area contributed by atoms with E-state index in [4.69, 9.17) is 22.3 Å². The Hall–Kier alpha value is 0.270. The molecule has 0 fully saturated rings. The second kappa shape index (κ2) is 4.64. The molecule has 9 heteroatoms. The minimum atomic E-state index is -4.03. The lowest BCUT2D eigenvalue weighted by Crippen LogP contribution is -2.01. The molecule has 0 saturated carbocycles. The van der Waals surface area contributed by atoms with E-state index in [0.29, 0.717) is 0 Å². The van der Waals surface area contributed by atoms with Crippen molar-refractivity contribution in [2.24, 2.45) is 0 Å². The number of nitrogens with zero attached hydrogens (tertiary/aromatic N) is 1. The summed E-state index contributed by atoms with van der Waals surface area (Å²) in [4.78, 5) is 2.88. The maximum atomic E-state index is 12.3. The number of rotatable bonds is 2. The third-order valence-electron chi connectivity index (χ3n) is 1.42. The number of alkyl halides is 2. The topological polar surface area (TPSA) is 47.0 Å². The molecule has 0 aromatic carbocycles. The first-order valence-corrected chi connectivity index (χ1v) is 7.08. The highest BCUT2D eigenvalue weighted by Gasteiger charge is 2.23. The summed E-state index contributed by atoms with van der Waals surface area (Å²) in [5, 5.41) is -0.396. The number of pyridine rings is 1. The maximum absolute atomic E-state index is 12.3. The first kappa shape index (κ1) is 13.3. The fourth-order valence-corrected chi connectivity index (χ4v) is 3.59. The van der Waals surface area contributed by atoms with Crippen molar-refractivity contribution in [2.45, 2.75) is 11.3 Å². The average molecular weight is 388 g/mol. The van der Waals surface area contributed by atoms with Crippen molar-refractivity contribution in [3.63, 3.8) is 0 Å². The van der Waals surface area contributed by atoms with Gasteiger partial charge in [0.25, 0.3) is 15.5 Å². The van der Waals surface area contributed by atoms with Crippen molar-refractivity contribution < 1.29 is 17.2 Å². The predicted molar refractivity (Wildman–Crippen MR) is 60.0 cm³/mol. The second-order valence-electron chi connectivity index (χ2n) is 2.37. The van der Waals surface area contributed by atoms with Crippen LogP contribution in [0.5, 0.6) is 0 Å². The third kappa shape index (κ3) is 2.89. The highest BCUT2D eigenvalue weighted by atomic mass is 127. The molecular formula is C6H2Cl2F2INO2S. The van der Waals surface area contributed by atoms with Gasteiger partial charge < -0.3 is 0 Å². The van der Waals surface area contributed by atoms with Crippen LogP contribution in [0.1, 0.15) is 12.1 Å². The molecule has 0 saturated heterocycles.